The van der Waals surface area contributed by atoms with E-state index in [2.05, 4.69) is 22.9 Å². The Morgan fingerprint density at radius 3 is 2.94 bits per heavy atom. The molecule has 0 spiro atoms. The summed E-state index contributed by atoms with van der Waals surface area (Å²) in [5.74, 6) is 0.521. The molecule has 1 nitrogen and oxygen atoms in total. The van der Waals surface area contributed by atoms with Crippen LogP contribution in [-0.4, -0.2) is 5.54 Å². The summed E-state index contributed by atoms with van der Waals surface area (Å²) >= 11 is 3.37. The number of halogens is 2. The Kier molecular flexibility index (Phi) is 3.36. The fraction of sp³-hybridized carbons (Fsp3) is 0.538. The second-order valence-electron chi connectivity index (χ2n) is 5.12. The highest BCUT2D eigenvalue weighted by atomic mass is 79.9. The van der Waals surface area contributed by atoms with Crippen molar-refractivity contribution in [1.29, 1.82) is 0 Å². The first-order valence-electron chi connectivity index (χ1n) is 5.71. The van der Waals surface area contributed by atoms with Crippen molar-refractivity contribution in [2.45, 2.75) is 38.1 Å². The van der Waals surface area contributed by atoms with E-state index >= 15 is 0 Å². The molecule has 0 aromatic heterocycles. The van der Waals surface area contributed by atoms with Gasteiger partial charge in [-0.3, -0.25) is 0 Å². The first kappa shape index (κ1) is 12.1. The Morgan fingerprint density at radius 2 is 2.31 bits per heavy atom. The Labute approximate surface area is 104 Å². The number of hydrogen-bond donors (Lipinski definition) is 1. The second kappa shape index (κ2) is 4.46. The van der Waals surface area contributed by atoms with Crippen molar-refractivity contribution >= 4 is 15.9 Å². The largest absolute Gasteiger partial charge is 0.325 e. The van der Waals surface area contributed by atoms with Crippen molar-refractivity contribution < 1.29 is 4.39 Å². The van der Waals surface area contributed by atoms with Gasteiger partial charge in [-0.05, 0) is 55.4 Å². The van der Waals surface area contributed by atoms with Crippen LogP contribution in [0.5, 0.6) is 0 Å². The first-order chi connectivity index (χ1) is 7.48. The SMILES string of the molecule is CC1CCC(N)(Cc2cc(Br)ccc2F)C1. The average Bonchev–Trinajstić information content (AvgIpc) is 2.52. The number of hydrogen-bond acceptors (Lipinski definition) is 1. The van der Waals surface area contributed by atoms with E-state index in [9.17, 15) is 4.39 Å². The van der Waals surface area contributed by atoms with Gasteiger partial charge in [0.25, 0.3) is 0 Å². The number of nitrogens with two attached hydrogens (primary N) is 1. The summed E-state index contributed by atoms with van der Waals surface area (Å²) in [5, 5.41) is 0. The van der Waals surface area contributed by atoms with Crippen LogP contribution in [0.2, 0.25) is 0 Å². The maximum absolute atomic E-state index is 13.6. The third kappa shape index (κ3) is 2.64. The minimum Gasteiger partial charge on any atom is -0.325 e. The van der Waals surface area contributed by atoms with Crippen LogP contribution in [0.4, 0.5) is 4.39 Å². The molecule has 2 N–H and O–H groups in total. The van der Waals surface area contributed by atoms with Gasteiger partial charge in [0, 0.05) is 10.0 Å². The van der Waals surface area contributed by atoms with Crippen molar-refractivity contribution in [3.8, 4) is 0 Å². The Morgan fingerprint density at radius 1 is 1.56 bits per heavy atom. The molecule has 88 valence electrons. The Balaban J connectivity index is 2.17. The molecule has 1 saturated carbocycles. The molecule has 1 aliphatic carbocycles. The van der Waals surface area contributed by atoms with Gasteiger partial charge in [0.15, 0.2) is 0 Å². The maximum Gasteiger partial charge on any atom is 0.126 e. The minimum atomic E-state index is -0.207. The van der Waals surface area contributed by atoms with Crippen molar-refractivity contribution in [3.05, 3.63) is 34.1 Å². The summed E-state index contributed by atoms with van der Waals surface area (Å²) in [6, 6.07) is 5.06. The zero-order chi connectivity index (χ0) is 11.8. The van der Waals surface area contributed by atoms with Crippen LogP contribution in [0.3, 0.4) is 0 Å². The molecule has 3 heteroatoms. The van der Waals surface area contributed by atoms with Gasteiger partial charge in [-0.1, -0.05) is 22.9 Å². The van der Waals surface area contributed by atoms with E-state index in [1.807, 2.05) is 6.07 Å². The highest BCUT2D eigenvalue weighted by molar-refractivity contribution is 9.10. The molecule has 0 amide bonds. The fourth-order valence-corrected chi connectivity index (χ4v) is 3.06. The van der Waals surface area contributed by atoms with Gasteiger partial charge in [-0.15, -0.1) is 0 Å². The van der Waals surface area contributed by atoms with Crippen LogP contribution >= 0.6 is 15.9 Å². The normalized spacial score (nSPS) is 29.6. The predicted molar refractivity (Wildman–Crippen MR) is 67.7 cm³/mol. The van der Waals surface area contributed by atoms with Crippen LogP contribution in [0, 0.1) is 11.7 Å². The van der Waals surface area contributed by atoms with Crippen molar-refractivity contribution in [2.75, 3.05) is 0 Å². The van der Waals surface area contributed by atoms with Gasteiger partial charge in [0.05, 0.1) is 0 Å². The molecule has 1 aromatic carbocycles. The topological polar surface area (TPSA) is 26.0 Å². The third-order valence-corrected chi connectivity index (χ3v) is 3.93. The van der Waals surface area contributed by atoms with E-state index in [1.54, 1.807) is 6.07 Å². The zero-order valence-electron chi connectivity index (χ0n) is 9.47. The average molecular weight is 286 g/mol. The quantitative estimate of drug-likeness (QED) is 0.882. The molecule has 2 rings (SSSR count). The molecule has 2 unspecified atom stereocenters. The van der Waals surface area contributed by atoms with E-state index in [4.69, 9.17) is 5.73 Å². The van der Waals surface area contributed by atoms with Crippen LogP contribution in [0.1, 0.15) is 31.7 Å². The molecule has 0 heterocycles. The highest BCUT2D eigenvalue weighted by Crippen LogP contribution is 2.35. The van der Waals surface area contributed by atoms with Gasteiger partial charge in [0.2, 0.25) is 0 Å². The van der Waals surface area contributed by atoms with Crippen LogP contribution in [-0.2, 0) is 6.42 Å². The summed E-state index contributed by atoms with van der Waals surface area (Å²) in [6.07, 6.45) is 3.80. The summed E-state index contributed by atoms with van der Waals surface area (Å²) in [6.45, 7) is 2.21. The molecule has 0 bridgehead atoms. The Bertz CT molecular complexity index is 394. The zero-order valence-corrected chi connectivity index (χ0v) is 11.1. The minimum absolute atomic E-state index is 0.146. The number of benzene rings is 1. The molecule has 2 atom stereocenters. The molecule has 1 aliphatic rings. The summed E-state index contributed by atoms with van der Waals surface area (Å²) in [4.78, 5) is 0. The molecular formula is C13H17BrFN. The van der Waals surface area contributed by atoms with E-state index in [-0.39, 0.29) is 11.4 Å². The third-order valence-electron chi connectivity index (χ3n) is 3.44. The summed E-state index contributed by atoms with van der Waals surface area (Å²) in [5.41, 5.74) is 6.84. The van der Waals surface area contributed by atoms with Crippen LogP contribution in [0.25, 0.3) is 0 Å². The molecule has 16 heavy (non-hydrogen) atoms. The van der Waals surface area contributed by atoms with Crippen molar-refractivity contribution in [3.63, 3.8) is 0 Å². The smallest absolute Gasteiger partial charge is 0.126 e. The first-order valence-corrected chi connectivity index (χ1v) is 6.51. The Hall–Kier alpha value is -0.410. The van der Waals surface area contributed by atoms with E-state index in [0.717, 1.165) is 29.3 Å². The van der Waals surface area contributed by atoms with E-state index in [0.29, 0.717) is 12.3 Å². The monoisotopic (exact) mass is 285 g/mol. The molecule has 1 fully saturated rings. The lowest BCUT2D eigenvalue weighted by Crippen LogP contribution is -2.39. The van der Waals surface area contributed by atoms with Gasteiger partial charge in [-0.25, -0.2) is 4.39 Å². The second-order valence-corrected chi connectivity index (χ2v) is 6.04. The van der Waals surface area contributed by atoms with Crippen LogP contribution < -0.4 is 5.73 Å². The lowest BCUT2D eigenvalue weighted by atomic mass is 9.89. The lowest BCUT2D eigenvalue weighted by molar-refractivity contribution is 0.411. The van der Waals surface area contributed by atoms with Gasteiger partial charge in [0.1, 0.15) is 5.82 Å². The van der Waals surface area contributed by atoms with E-state index in [1.165, 1.54) is 6.07 Å². The summed E-state index contributed by atoms with van der Waals surface area (Å²) in [7, 11) is 0. The standard InChI is InChI=1S/C13H17BrFN/c1-9-4-5-13(16,7-9)8-10-6-11(14)2-3-12(10)15/h2-3,6,9H,4-5,7-8,16H2,1H3. The predicted octanol–water partition coefficient (Wildman–Crippen LogP) is 3.65. The van der Waals surface area contributed by atoms with Gasteiger partial charge < -0.3 is 5.73 Å². The molecular weight excluding hydrogens is 269 g/mol. The highest BCUT2D eigenvalue weighted by Gasteiger charge is 2.34. The van der Waals surface area contributed by atoms with Gasteiger partial charge in [-0.2, -0.15) is 0 Å². The number of rotatable bonds is 2. The molecule has 0 aliphatic heterocycles. The fourth-order valence-electron chi connectivity index (χ4n) is 2.65. The molecule has 1 aromatic rings. The molecule has 0 saturated heterocycles. The lowest BCUT2D eigenvalue weighted by Gasteiger charge is -2.24. The van der Waals surface area contributed by atoms with E-state index < -0.39 is 0 Å². The van der Waals surface area contributed by atoms with Crippen molar-refractivity contribution in [1.82, 2.24) is 0 Å². The van der Waals surface area contributed by atoms with Crippen molar-refractivity contribution in [2.24, 2.45) is 11.7 Å². The van der Waals surface area contributed by atoms with Gasteiger partial charge >= 0.3 is 0 Å². The maximum atomic E-state index is 13.6. The summed E-state index contributed by atoms with van der Waals surface area (Å²) < 4.78 is 14.5. The van der Waals surface area contributed by atoms with Crippen LogP contribution in [0.15, 0.2) is 22.7 Å². The molecule has 0 radical (unpaired) electrons.